The van der Waals surface area contributed by atoms with Gasteiger partial charge in [0.1, 0.15) is 24.1 Å². The van der Waals surface area contributed by atoms with Crippen LogP contribution in [0.4, 0.5) is 0 Å². The Bertz CT molecular complexity index is 1030. The van der Waals surface area contributed by atoms with Crippen molar-refractivity contribution in [2.75, 3.05) is 27.9 Å². The molecule has 2 amide bonds. The fourth-order valence-corrected chi connectivity index (χ4v) is 3.65. The number of nitrogens with zero attached hydrogens (tertiary/aromatic N) is 2. The maximum Gasteiger partial charge on any atom is 0.325 e. The van der Waals surface area contributed by atoms with Crippen LogP contribution < -0.4 is 20.1 Å². The molecule has 36 heavy (non-hydrogen) atoms. The molecule has 0 radical (unpaired) electrons. The van der Waals surface area contributed by atoms with Crippen molar-refractivity contribution in [3.05, 3.63) is 30.0 Å². The standard InChI is InChI=1S/C26H38N4O6/c1-8-9-11-18(25(32)27-15-23(31)36-7)28-26(33)19-14-20(30(29-19)17(4)16(2)3)24-21(34-5)12-10-13-22(24)35-6/h10,12-14,16-18H,8-9,11,15H2,1-7H3,(H,27,32)(H,28,33)/t17?,18-/m0/s1. The lowest BCUT2D eigenvalue weighted by Gasteiger charge is -2.21. The van der Waals surface area contributed by atoms with Crippen LogP contribution in [0.2, 0.25) is 0 Å². The first kappa shape index (κ1) is 28.7. The maximum absolute atomic E-state index is 13.3. The number of methoxy groups -OCH3 is 3. The predicted molar refractivity (Wildman–Crippen MR) is 136 cm³/mol. The van der Waals surface area contributed by atoms with Gasteiger partial charge in [0.2, 0.25) is 5.91 Å². The van der Waals surface area contributed by atoms with E-state index in [9.17, 15) is 14.4 Å². The lowest BCUT2D eigenvalue weighted by molar-refractivity contribution is -0.141. The summed E-state index contributed by atoms with van der Waals surface area (Å²) in [5.41, 5.74) is 1.50. The zero-order chi connectivity index (χ0) is 26.8. The van der Waals surface area contributed by atoms with Crippen molar-refractivity contribution in [1.29, 1.82) is 0 Å². The third-order valence-electron chi connectivity index (χ3n) is 6.11. The minimum Gasteiger partial charge on any atom is -0.496 e. The summed E-state index contributed by atoms with van der Waals surface area (Å²) in [6.45, 7) is 7.89. The Morgan fingerprint density at radius 1 is 1.06 bits per heavy atom. The van der Waals surface area contributed by atoms with Gasteiger partial charge in [-0.3, -0.25) is 19.1 Å². The number of benzene rings is 1. The molecule has 1 heterocycles. The van der Waals surface area contributed by atoms with Crippen LogP contribution in [0.15, 0.2) is 24.3 Å². The molecule has 0 spiro atoms. The number of hydrogen-bond donors (Lipinski definition) is 2. The first-order valence-electron chi connectivity index (χ1n) is 12.1. The van der Waals surface area contributed by atoms with Crippen LogP contribution in [0.5, 0.6) is 11.5 Å². The summed E-state index contributed by atoms with van der Waals surface area (Å²) in [7, 11) is 4.39. The summed E-state index contributed by atoms with van der Waals surface area (Å²) in [4.78, 5) is 37.4. The number of aromatic nitrogens is 2. The quantitative estimate of drug-likeness (QED) is 0.403. The Kier molecular flexibility index (Phi) is 10.8. The van der Waals surface area contributed by atoms with Gasteiger partial charge in [-0.1, -0.05) is 39.7 Å². The van der Waals surface area contributed by atoms with Crippen LogP contribution in [-0.4, -0.2) is 61.5 Å². The molecule has 2 rings (SSSR count). The number of amides is 2. The Morgan fingerprint density at radius 3 is 2.22 bits per heavy atom. The molecular formula is C26H38N4O6. The van der Waals surface area contributed by atoms with Crippen molar-refractivity contribution in [3.63, 3.8) is 0 Å². The highest BCUT2D eigenvalue weighted by Gasteiger charge is 2.27. The Balaban J connectivity index is 2.45. The number of esters is 1. The number of unbranched alkanes of at least 4 members (excludes halogenated alkanes) is 1. The smallest absolute Gasteiger partial charge is 0.325 e. The molecule has 0 aliphatic rings. The topological polar surface area (TPSA) is 121 Å². The van der Waals surface area contributed by atoms with Gasteiger partial charge in [-0.25, -0.2) is 0 Å². The lowest BCUT2D eigenvalue weighted by Crippen LogP contribution is -2.48. The van der Waals surface area contributed by atoms with E-state index in [4.69, 9.17) is 9.47 Å². The number of carbonyl (C=O) groups is 3. The van der Waals surface area contributed by atoms with E-state index < -0.39 is 23.8 Å². The van der Waals surface area contributed by atoms with Gasteiger partial charge in [0.05, 0.1) is 38.6 Å². The molecule has 0 fully saturated rings. The summed E-state index contributed by atoms with van der Waals surface area (Å²) in [5.74, 6) is -0.122. The Hall–Kier alpha value is -3.56. The highest BCUT2D eigenvalue weighted by molar-refractivity contribution is 5.97. The van der Waals surface area contributed by atoms with E-state index in [0.717, 1.165) is 12.8 Å². The molecule has 198 valence electrons. The summed E-state index contributed by atoms with van der Waals surface area (Å²) >= 11 is 0. The largest absolute Gasteiger partial charge is 0.496 e. The van der Waals surface area contributed by atoms with Gasteiger partial charge >= 0.3 is 5.97 Å². The maximum atomic E-state index is 13.3. The molecule has 1 aromatic carbocycles. The second-order valence-electron chi connectivity index (χ2n) is 8.84. The van der Waals surface area contributed by atoms with E-state index in [1.165, 1.54) is 7.11 Å². The number of nitrogens with one attached hydrogen (secondary N) is 2. The van der Waals surface area contributed by atoms with Gasteiger partial charge in [0, 0.05) is 0 Å². The fourth-order valence-electron chi connectivity index (χ4n) is 3.65. The zero-order valence-electron chi connectivity index (χ0n) is 22.2. The molecule has 0 saturated carbocycles. The molecule has 10 nitrogen and oxygen atoms in total. The first-order valence-corrected chi connectivity index (χ1v) is 12.1. The monoisotopic (exact) mass is 502 g/mol. The van der Waals surface area contributed by atoms with E-state index >= 15 is 0 Å². The zero-order valence-corrected chi connectivity index (χ0v) is 22.2. The van der Waals surface area contributed by atoms with Gasteiger partial charge < -0.3 is 24.8 Å². The van der Waals surface area contributed by atoms with Crippen molar-refractivity contribution in [1.82, 2.24) is 20.4 Å². The molecular weight excluding hydrogens is 464 g/mol. The summed E-state index contributed by atoms with van der Waals surface area (Å²) in [5, 5.41) is 9.93. The van der Waals surface area contributed by atoms with Crippen LogP contribution >= 0.6 is 0 Å². The molecule has 10 heteroatoms. The molecule has 0 saturated heterocycles. The van der Waals surface area contributed by atoms with Crippen molar-refractivity contribution in [2.24, 2.45) is 5.92 Å². The molecule has 0 aliphatic heterocycles. The fraction of sp³-hybridized carbons (Fsp3) is 0.538. The minimum atomic E-state index is -0.820. The van der Waals surface area contributed by atoms with Crippen molar-refractivity contribution in [2.45, 2.75) is 59.0 Å². The third kappa shape index (κ3) is 6.99. The van der Waals surface area contributed by atoms with E-state index in [-0.39, 0.29) is 24.2 Å². The number of ether oxygens (including phenoxy) is 3. The minimum absolute atomic E-state index is 0.0459. The van der Waals surface area contributed by atoms with Crippen LogP contribution in [0, 0.1) is 5.92 Å². The summed E-state index contributed by atoms with van der Waals surface area (Å²) in [6.07, 6.45) is 1.99. The second kappa shape index (κ2) is 13.5. The lowest BCUT2D eigenvalue weighted by atomic mass is 10.0. The van der Waals surface area contributed by atoms with Gasteiger partial charge in [-0.15, -0.1) is 0 Å². The van der Waals surface area contributed by atoms with Crippen LogP contribution in [0.3, 0.4) is 0 Å². The van der Waals surface area contributed by atoms with E-state index in [2.05, 4.69) is 34.3 Å². The average Bonchev–Trinajstić information content (AvgIpc) is 3.33. The molecule has 2 aromatic rings. The van der Waals surface area contributed by atoms with E-state index in [0.29, 0.717) is 29.2 Å². The SMILES string of the molecule is CCCC[C@H](NC(=O)c1cc(-c2c(OC)cccc2OC)n(C(C)C(C)C)n1)C(=O)NCC(=O)OC. The van der Waals surface area contributed by atoms with E-state index in [1.807, 2.05) is 32.0 Å². The normalized spacial score (nSPS) is 12.6. The Labute approximate surface area is 212 Å². The molecule has 0 aliphatic carbocycles. The van der Waals surface area contributed by atoms with Crippen molar-refractivity contribution < 1.29 is 28.6 Å². The van der Waals surface area contributed by atoms with Crippen LogP contribution in [0.1, 0.15) is 63.5 Å². The highest BCUT2D eigenvalue weighted by atomic mass is 16.5. The highest BCUT2D eigenvalue weighted by Crippen LogP contribution is 2.40. The second-order valence-corrected chi connectivity index (χ2v) is 8.84. The van der Waals surface area contributed by atoms with E-state index in [1.54, 1.807) is 25.0 Å². The molecule has 1 aromatic heterocycles. The number of rotatable bonds is 13. The number of hydrogen-bond acceptors (Lipinski definition) is 7. The Morgan fingerprint density at radius 2 is 1.69 bits per heavy atom. The summed E-state index contributed by atoms with van der Waals surface area (Å²) in [6, 6.07) is 6.28. The van der Waals surface area contributed by atoms with Gasteiger partial charge in [0.25, 0.3) is 5.91 Å². The average molecular weight is 503 g/mol. The van der Waals surface area contributed by atoms with Crippen molar-refractivity contribution in [3.8, 4) is 22.8 Å². The first-order chi connectivity index (χ1) is 17.2. The molecule has 2 atom stereocenters. The van der Waals surface area contributed by atoms with Crippen LogP contribution in [-0.2, 0) is 14.3 Å². The number of carbonyl (C=O) groups excluding carboxylic acids is 3. The third-order valence-corrected chi connectivity index (χ3v) is 6.11. The molecule has 2 N–H and O–H groups in total. The van der Waals surface area contributed by atoms with Crippen molar-refractivity contribution >= 4 is 17.8 Å². The molecule has 1 unspecified atom stereocenters. The molecule has 0 bridgehead atoms. The van der Waals surface area contributed by atoms with Gasteiger partial charge in [-0.2, -0.15) is 5.10 Å². The van der Waals surface area contributed by atoms with Crippen LogP contribution in [0.25, 0.3) is 11.3 Å². The van der Waals surface area contributed by atoms with Gasteiger partial charge in [0.15, 0.2) is 5.69 Å². The predicted octanol–water partition coefficient (Wildman–Crippen LogP) is 3.36. The van der Waals surface area contributed by atoms with Gasteiger partial charge in [-0.05, 0) is 37.5 Å². The summed E-state index contributed by atoms with van der Waals surface area (Å²) < 4.78 is 17.5.